The van der Waals surface area contributed by atoms with Crippen LogP contribution in [0.3, 0.4) is 0 Å². The first-order chi connectivity index (χ1) is 34.5. The summed E-state index contributed by atoms with van der Waals surface area (Å²) in [5, 5.41) is 0. The van der Waals surface area contributed by atoms with Gasteiger partial charge in [0, 0.05) is 0 Å². The van der Waals surface area contributed by atoms with Crippen molar-refractivity contribution >= 4 is 69.0 Å². The van der Waals surface area contributed by atoms with Crippen LogP contribution in [-0.2, 0) is 81.4 Å². The second-order valence-corrected chi connectivity index (χ2v) is 26.3. The van der Waals surface area contributed by atoms with Crippen LogP contribution in [0.2, 0.25) is 0 Å². The predicted octanol–water partition coefficient (Wildman–Crippen LogP) is 11.6. The van der Waals surface area contributed by atoms with Gasteiger partial charge in [-0.1, -0.05) is 107 Å². The highest BCUT2D eigenvalue weighted by Crippen LogP contribution is 2.53. The summed E-state index contributed by atoms with van der Waals surface area (Å²) in [5.41, 5.74) is 0.683. The molecule has 5 rings (SSSR count). The molecule has 0 saturated heterocycles. The van der Waals surface area contributed by atoms with Gasteiger partial charge < -0.3 is 37.9 Å². The van der Waals surface area contributed by atoms with Gasteiger partial charge >= 0.3 is 23.9 Å². The molecule has 1 aliphatic heterocycles. The summed E-state index contributed by atoms with van der Waals surface area (Å²) in [6, 6.07) is 14.7. The Morgan fingerprint density at radius 2 is 0.554 bits per heavy atom. The van der Waals surface area contributed by atoms with Gasteiger partial charge in [-0.15, -0.1) is 0 Å². The van der Waals surface area contributed by atoms with E-state index in [1.54, 1.807) is 52.0 Å². The molecule has 0 aromatic heterocycles. The molecule has 0 fully saturated rings. The molecule has 0 aliphatic carbocycles. The second-order valence-electron chi connectivity index (χ2n) is 21.3. The van der Waals surface area contributed by atoms with Crippen molar-refractivity contribution < 1.29 is 65.5 Å². The highest BCUT2D eigenvalue weighted by molar-refractivity contribution is 8.00. The van der Waals surface area contributed by atoms with Gasteiger partial charge in [0.2, 0.25) is 0 Å². The number of carbonyl (C=O) groups is 4. The van der Waals surface area contributed by atoms with Crippen LogP contribution in [0.15, 0.2) is 87.7 Å². The van der Waals surface area contributed by atoms with Crippen LogP contribution in [0, 0.1) is 0 Å². The average molecular weight is 1100 g/mol. The highest BCUT2D eigenvalue weighted by Gasteiger charge is 2.34. The van der Waals surface area contributed by atoms with Gasteiger partial charge in [-0.25, -0.2) is 27.6 Å². The molecule has 8 bridgehead atoms. The third kappa shape index (κ3) is 15.1. The Balaban J connectivity index is 2.11. The van der Waals surface area contributed by atoms with E-state index >= 15 is 8.42 Å². The lowest BCUT2D eigenvalue weighted by molar-refractivity contribution is -0.146. The van der Waals surface area contributed by atoms with Crippen LogP contribution >= 0.6 is 23.5 Å². The van der Waals surface area contributed by atoms with E-state index in [1.165, 1.54) is 0 Å². The molecule has 18 heteroatoms. The van der Waals surface area contributed by atoms with Crippen LogP contribution in [-0.4, -0.2) is 85.2 Å². The number of hydrogen-bond acceptors (Lipinski definition) is 16. The molecule has 0 spiro atoms. The van der Waals surface area contributed by atoms with Gasteiger partial charge in [-0.3, -0.25) is 0 Å². The van der Waals surface area contributed by atoms with Crippen molar-refractivity contribution in [2.24, 2.45) is 0 Å². The molecule has 4 aromatic carbocycles. The van der Waals surface area contributed by atoms with Crippen molar-refractivity contribution in [3.63, 3.8) is 0 Å². The number of ether oxygens (including phenoxy) is 8. The van der Waals surface area contributed by atoms with E-state index in [-0.39, 0.29) is 69.0 Å². The Labute approximate surface area is 450 Å². The van der Waals surface area contributed by atoms with Gasteiger partial charge in [0.05, 0.1) is 87.2 Å². The van der Waals surface area contributed by atoms with Crippen LogP contribution < -0.4 is 18.9 Å². The molecular weight excluding hydrogens is 1020 g/mol. The average Bonchev–Trinajstić information content (AvgIpc) is 3.29. The molecule has 0 atom stereocenters. The van der Waals surface area contributed by atoms with Crippen LogP contribution in [0.5, 0.6) is 23.0 Å². The monoisotopic (exact) mass is 1100 g/mol. The molecule has 14 nitrogen and oxygen atoms in total. The summed E-state index contributed by atoms with van der Waals surface area (Å²) < 4.78 is 79.6. The molecule has 4 aromatic rings. The first-order valence-corrected chi connectivity index (χ1v) is 28.5. The van der Waals surface area contributed by atoms with Gasteiger partial charge in [0.25, 0.3) is 0 Å². The van der Waals surface area contributed by atoms with E-state index in [2.05, 4.69) is 0 Å². The fraction of sp³-hybridized carbons (Fsp3) is 0.500. The van der Waals surface area contributed by atoms with Gasteiger partial charge in [0.1, 0.15) is 0 Å². The SMILES string of the molecule is CCOC(=O)COc1c2cc(C(C)(C)C)cc1S(=O)c1cc(C(C)(C)C)cc(c1OCC(=O)OCC)Sc1cc(C(C)(C)C)cc(c1OCC(=O)OCC)S(=O)c1cc(C(C)(C)C)cc(c1OCC(=O)OCC)S2. The first kappa shape index (κ1) is 59.8. The van der Waals surface area contributed by atoms with E-state index in [4.69, 9.17) is 37.9 Å². The standard InChI is InChI=1S/C56H72O14S4/c1-17-63-45(57)29-67-49-37-21-33(53(5,6)7)25-41(49)73(61)42-26-35(55(11,12)13)23-39(51(42)69-31-47(59)65-19-3)72-40-24-36(56(14,15)16)28-44(52(40)70-32-48(60)66-20-4)74(62)43-27-34(54(8,9)10)22-38(71-37)50(43)68-30-46(58)64-18-2/h21-28H,17-20,29-32H2,1-16H3. The molecular formula is C56H72O14S4. The normalized spacial score (nSPS) is 14.9. The van der Waals surface area contributed by atoms with Gasteiger partial charge in [-0.05, 0) is 120 Å². The van der Waals surface area contributed by atoms with Crippen molar-refractivity contribution in [2.45, 2.75) is 172 Å². The number of fused-ring (bicyclic) bond motifs is 8. The second kappa shape index (κ2) is 24.7. The summed E-state index contributed by atoms with van der Waals surface area (Å²) >= 11 is 2.30. The van der Waals surface area contributed by atoms with E-state index in [9.17, 15) is 19.2 Å². The lowest BCUT2D eigenvalue weighted by Gasteiger charge is -2.28. The fourth-order valence-electron chi connectivity index (χ4n) is 7.27. The molecule has 1 heterocycles. The van der Waals surface area contributed by atoms with Crippen LogP contribution in [0.25, 0.3) is 0 Å². The Morgan fingerprint density at radius 1 is 0.365 bits per heavy atom. The van der Waals surface area contributed by atoms with Crippen molar-refractivity contribution in [3.8, 4) is 23.0 Å². The van der Waals surface area contributed by atoms with Crippen molar-refractivity contribution in [3.05, 3.63) is 70.8 Å². The maximum atomic E-state index is 16.2. The molecule has 0 radical (unpaired) electrons. The number of carbonyl (C=O) groups excluding carboxylic acids is 4. The Hall–Kier alpha value is -5.04. The Morgan fingerprint density at radius 3 is 0.716 bits per heavy atom. The van der Waals surface area contributed by atoms with Crippen LogP contribution in [0.4, 0.5) is 0 Å². The topological polar surface area (TPSA) is 176 Å². The molecule has 1 aliphatic rings. The number of rotatable bonds is 16. The first-order valence-electron chi connectivity index (χ1n) is 24.6. The van der Waals surface area contributed by atoms with Gasteiger partial charge in [0.15, 0.2) is 49.4 Å². The summed E-state index contributed by atoms with van der Waals surface area (Å²) in [6.45, 7) is 28.9. The van der Waals surface area contributed by atoms with Crippen molar-refractivity contribution in [1.29, 1.82) is 0 Å². The zero-order valence-electron chi connectivity index (χ0n) is 45.6. The summed E-state index contributed by atoms with van der Waals surface area (Å²) in [7, 11) is -4.44. The lowest BCUT2D eigenvalue weighted by Crippen LogP contribution is -2.20. The van der Waals surface area contributed by atoms with Crippen molar-refractivity contribution in [1.82, 2.24) is 0 Å². The zero-order valence-corrected chi connectivity index (χ0v) is 48.9. The quantitative estimate of drug-likeness (QED) is 0.0673. The van der Waals surface area contributed by atoms with E-state index in [0.29, 0.717) is 19.6 Å². The smallest absolute Gasteiger partial charge is 0.344 e. The predicted molar refractivity (Wildman–Crippen MR) is 287 cm³/mol. The van der Waals surface area contributed by atoms with E-state index < -0.39 is 93.6 Å². The number of hydrogen-bond donors (Lipinski definition) is 0. The molecule has 0 unspecified atom stereocenters. The minimum Gasteiger partial charge on any atom is -0.479 e. The molecule has 0 saturated carbocycles. The molecule has 74 heavy (non-hydrogen) atoms. The molecule has 404 valence electrons. The van der Waals surface area contributed by atoms with Crippen molar-refractivity contribution in [2.75, 3.05) is 52.9 Å². The Kier molecular flexibility index (Phi) is 20.0. The maximum absolute atomic E-state index is 16.2. The summed E-state index contributed by atoms with van der Waals surface area (Å²) in [4.78, 5) is 55.1. The minimum absolute atomic E-state index is 0.0723. The van der Waals surface area contributed by atoms with Gasteiger partial charge in [-0.2, -0.15) is 0 Å². The Bertz CT molecular complexity index is 2420. The number of esters is 4. The zero-order chi connectivity index (χ0) is 55.1. The largest absolute Gasteiger partial charge is 0.479 e. The molecule has 0 amide bonds. The van der Waals surface area contributed by atoms with Crippen LogP contribution in [0.1, 0.15) is 133 Å². The maximum Gasteiger partial charge on any atom is 0.344 e. The molecule has 0 N–H and O–H groups in total. The highest BCUT2D eigenvalue weighted by atomic mass is 32.2. The number of benzene rings is 4. The summed E-state index contributed by atoms with van der Waals surface area (Å²) in [6.07, 6.45) is 0. The fourth-order valence-corrected chi connectivity index (χ4v) is 12.6. The third-order valence-corrected chi connectivity index (χ3v) is 16.2. The minimum atomic E-state index is -2.22. The van der Waals surface area contributed by atoms with E-state index in [0.717, 1.165) is 45.8 Å². The lowest BCUT2D eigenvalue weighted by atomic mass is 9.87. The van der Waals surface area contributed by atoms with E-state index in [1.807, 2.05) is 107 Å². The summed E-state index contributed by atoms with van der Waals surface area (Å²) in [5.74, 6) is -2.39. The third-order valence-electron chi connectivity index (χ3n) is 11.3.